The second kappa shape index (κ2) is 7.76. The smallest absolute Gasteiger partial charge is 0.190 e. The highest BCUT2D eigenvalue weighted by Crippen LogP contribution is 2.25. The second-order valence-corrected chi connectivity index (χ2v) is 7.48. The van der Waals surface area contributed by atoms with Crippen LogP contribution in [-0.4, -0.2) is 9.55 Å². The molecule has 0 aliphatic heterocycles. The molecular formula is C20H16FN3S2. The molecule has 0 fully saturated rings. The van der Waals surface area contributed by atoms with Crippen molar-refractivity contribution in [3.8, 4) is 10.6 Å². The molecule has 3 aromatic heterocycles. The van der Waals surface area contributed by atoms with Gasteiger partial charge in [-0.05, 0) is 47.8 Å². The molecule has 26 heavy (non-hydrogen) atoms. The van der Waals surface area contributed by atoms with Gasteiger partial charge >= 0.3 is 0 Å². The van der Waals surface area contributed by atoms with Gasteiger partial charge in [0.05, 0.1) is 16.3 Å². The molecule has 0 bridgehead atoms. The lowest BCUT2D eigenvalue weighted by Crippen LogP contribution is -2.17. The minimum atomic E-state index is -0.252. The maximum atomic E-state index is 13.2. The van der Waals surface area contributed by atoms with Gasteiger partial charge < -0.3 is 4.57 Å². The van der Waals surface area contributed by atoms with E-state index in [1.807, 2.05) is 24.4 Å². The molecule has 0 aliphatic carbocycles. The quantitative estimate of drug-likeness (QED) is 0.462. The summed E-state index contributed by atoms with van der Waals surface area (Å²) in [4.78, 5) is 11.2. The first-order valence-corrected chi connectivity index (χ1v) is 9.98. The Labute approximate surface area is 158 Å². The molecule has 6 heteroatoms. The predicted octanol–water partition coefficient (Wildman–Crippen LogP) is 5.29. The molecule has 1 aromatic carbocycles. The number of pyridine rings is 1. The fourth-order valence-electron chi connectivity index (χ4n) is 2.66. The van der Waals surface area contributed by atoms with Crippen LogP contribution in [0.4, 0.5) is 10.1 Å². The van der Waals surface area contributed by atoms with Crippen LogP contribution in [0, 0.1) is 5.82 Å². The number of halogens is 1. The number of nitrogens with zero attached hydrogens (tertiary/aromatic N) is 3. The molecule has 0 aliphatic rings. The molecular weight excluding hydrogens is 365 g/mol. The summed E-state index contributed by atoms with van der Waals surface area (Å²) in [5.74, 6) is -0.252. The molecule has 130 valence electrons. The van der Waals surface area contributed by atoms with Gasteiger partial charge in [0.15, 0.2) is 4.80 Å². The van der Waals surface area contributed by atoms with Crippen molar-refractivity contribution in [2.75, 3.05) is 0 Å². The largest absolute Gasteiger partial charge is 0.315 e. The van der Waals surface area contributed by atoms with Crippen LogP contribution in [0.5, 0.6) is 0 Å². The van der Waals surface area contributed by atoms with Gasteiger partial charge in [0, 0.05) is 30.2 Å². The standard InChI is InChI=1S/C20H16FN3S2/c21-15-6-8-17(9-7-15)23-20-24(12-10-16-4-1-2-11-22-16)18(14-26-20)19-5-3-13-25-19/h1-9,11,13-14H,10,12H2. The van der Waals surface area contributed by atoms with Gasteiger partial charge in [0.25, 0.3) is 0 Å². The van der Waals surface area contributed by atoms with Crippen LogP contribution in [0.3, 0.4) is 0 Å². The first-order chi connectivity index (χ1) is 12.8. The number of thiophene rings is 1. The number of benzene rings is 1. The van der Waals surface area contributed by atoms with Crippen LogP contribution in [-0.2, 0) is 13.0 Å². The van der Waals surface area contributed by atoms with E-state index in [1.54, 1.807) is 34.8 Å². The van der Waals surface area contributed by atoms with E-state index in [0.717, 1.165) is 34.8 Å². The van der Waals surface area contributed by atoms with E-state index in [2.05, 4.69) is 32.4 Å². The first-order valence-electron chi connectivity index (χ1n) is 8.22. The molecule has 0 saturated carbocycles. The number of thiazole rings is 1. The molecule has 0 amide bonds. The van der Waals surface area contributed by atoms with Crippen molar-refractivity contribution >= 4 is 28.4 Å². The summed E-state index contributed by atoms with van der Waals surface area (Å²) in [6.07, 6.45) is 2.64. The molecule has 3 heterocycles. The minimum Gasteiger partial charge on any atom is -0.315 e. The van der Waals surface area contributed by atoms with Gasteiger partial charge in [-0.25, -0.2) is 9.38 Å². The van der Waals surface area contributed by atoms with Crippen molar-refractivity contribution < 1.29 is 4.39 Å². The van der Waals surface area contributed by atoms with E-state index in [-0.39, 0.29) is 5.82 Å². The van der Waals surface area contributed by atoms with Crippen LogP contribution >= 0.6 is 22.7 Å². The molecule has 4 rings (SSSR count). The molecule has 0 radical (unpaired) electrons. The molecule has 0 atom stereocenters. The lowest BCUT2D eigenvalue weighted by atomic mass is 10.2. The van der Waals surface area contributed by atoms with E-state index >= 15 is 0 Å². The monoisotopic (exact) mass is 381 g/mol. The number of hydrogen-bond donors (Lipinski definition) is 0. The SMILES string of the molecule is Fc1ccc(N=c2scc(-c3cccs3)n2CCc2ccccn2)cc1. The van der Waals surface area contributed by atoms with Crippen LogP contribution in [0.2, 0.25) is 0 Å². The highest BCUT2D eigenvalue weighted by molar-refractivity contribution is 7.14. The van der Waals surface area contributed by atoms with Crippen molar-refractivity contribution in [2.45, 2.75) is 13.0 Å². The summed E-state index contributed by atoms with van der Waals surface area (Å²) in [5.41, 5.74) is 2.95. The van der Waals surface area contributed by atoms with Gasteiger partial charge in [0.1, 0.15) is 5.82 Å². The Balaban J connectivity index is 1.73. The van der Waals surface area contributed by atoms with Gasteiger partial charge in [-0.15, -0.1) is 22.7 Å². The average molecular weight is 382 g/mol. The fraction of sp³-hybridized carbons (Fsp3) is 0.100. The fourth-order valence-corrected chi connectivity index (χ4v) is 4.43. The maximum Gasteiger partial charge on any atom is 0.190 e. The van der Waals surface area contributed by atoms with Gasteiger partial charge in [-0.2, -0.15) is 0 Å². The highest BCUT2D eigenvalue weighted by atomic mass is 32.1. The van der Waals surface area contributed by atoms with E-state index in [1.165, 1.54) is 17.0 Å². The molecule has 0 unspecified atom stereocenters. The zero-order valence-electron chi connectivity index (χ0n) is 13.9. The number of rotatable bonds is 5. The normalized spacial score (nSPS) is 11.8. The summed E-state index contributed by atoms with van der Waals surface area (Å²) in [6, 6.07) is 16.4. The summed E-state index contributed by atoms with van der Waals surface area (Å²) < 4.78 is 15.4. The van der Waals surface area contributed by atoms with Crippen LogP contribution in [0.1, 0.15) is 5.69 Å². The topological polar surface area (TPSA) is 30.2 Å². The summed E-state index contributed by atoms with van der Waals surface area (Å²) >= 11 is 3.31. The maximum absolute atomic E-state index is 13.2. The summed E-state index contributed by atoms with van der Waals surface area (Å²) in [5, 5.41) is 4.21. The van der Waals surface area contributed by atoms with Crippen LogP contribution in [0.15, 0.2) is 76.5 Å². The van der Waals surface area contributed by atoms with Crippen LogP contribution in [0.25, 0.3) is 10.6 Å². The summed E-state index contributed by atoms with van der Waals surface area (Å²) in [6.45, 7) is 0.785. The number of aryl methyl sites for hydroxylation is 1. The summed E-state index contributed by atoms with van der Waals surface area (Å²) in [7, 11) is 0. The molecule has 0 saturated heterocycles. The number of hydrogen-bond acceptors (Lipinski definition) is 4. The van der Waals surface area contributed by atoms with E-state index in [4.69, 9.17) is 4.99 Å². The zero-order valence-corrected chi connectivity index (χ0v) is 15.5. The van der Waals surface area contributed by atoms with Gasteiger partial charge in [-0.3, -0.25) is 4.98 Å². The lowest BCUT2D eigenvalue weighted by Gasteiger charge is -2.07. The average Bonchev–Trinajstić information content (AvgIpc) is 3.32. The molecule has 3 nitrogen and oxygen atoms in total. The van der Waals surface area contributed by atoms with Crippen molar-refractivity contribution in [1.82, 2.24) is 9.55 Å². The third kappa shape index (κ3) is 3.81. The Morgan fingerprint density at radius 2 is 1.88 bits per heavy atom. The van der Waals surface area contributed by atoms with Crippen molar-refractivity contribution in [2.24, 2.45) is 4.99 Å². The zero-order chi connectivity index (χ0) is 17.8. The Kier molecular flexibility index (Phi) is 5.04. The van der Waals surface area contributed by atoms with Crippen LogP contribution < -0.4 is 4.80 Å². The van der Waals surface area contributed by atoms with Crippen molar-refractivity contribution in [1.29, 1.82) is 0 Å². The van der Waals surface area contributed by atoms with Gasteiger partial charge in [-0.1, -0.05) is 12.1 Å². The Hall–Kier alpha value is -2.57. The second-order valence-electron chi connectivity index (χ2n) is 5.69. The Bertz CT molecular complexity index is 1030. The molecule has 0 spiro atoms. The van der Waals surface area contributed by atoms with E-state index in [0.29, 0.717) is 0 Å². The predicted molar refractivity (Wildman–Crippen MR) is 105 cm³/mol. The Morgan fingerprint density at radius 1 is 1.00 bits per heavy atom. The Morgan fingerprint density at radius 3 is 2.62 bits per heavy atom. The highest BCUT2D eigenvalue weighted by Gasteiger charge is 2.09. The third-order valence-corrected chi connectivity index (χ3v) is 5.70. The lowest BCUT2D eigenvalue weighted by molar-refractivity contribution is 0.628. The van der Waals surface area contributed by atoms with Crippen molar-refractivity contribution in [3.63, 3.8) is 0 Å². The third-order valence-electron chi connectivity index (χ3n) is 3.94. The van der Waals surface area contributed by atoms with Crippen molar-refractivity contribution in [3.05, 3.63) is 87.9 Å². The molecule has 4 aromatic rings. The minimum absolute atomic E-state index is 0.252. The van der Waals surface area contributed by atoms with E-state index in [9.17, 15) is 4.39 Å². The van der Waals surface area contributed by atoms with Gasteiger partial charge in [0.2, 0.25) is 0 Å². The number of aromatic nitrogens is 2. The molecule has 0 N–H and O–H groups in total. The van der Waals surface area contributed by atoms with E-state index < -0.39 is 0 Å². The first kappa shape index (κ1) is 16.9.